The second-order valence-corrected chi connectivity index (χ2v) is 8.29. The molecule has 0 fully saturated rings. The van der Waals surface area contributed by atoms with E-state index >= 15 is 0 Å². The fourth-order valence-electron chi connectivity index (χ4n) is 4.18. The van der Waals surface area contributed by atoms with Gasteiger partial charge in [0.15, 0.2) is 0 Å². The Morgan fingerprint density at radius 2 is 1.71 bits per heavy atom. The maximum absolute atomic E-state index is 12.0. The number of aliphatic hydroxyl groups is 1. The topological polar surface area (TPSA) is 29.0 Å². The summed E-state index contributed by atoms with van der Waals surface area (Å²) in [6, 6.07) is 10.1. The average Bonchev–Trinajstić information content (AvgIpc) is 3.07. The number of halogens is 1. The van der Waals surface area contributed by atoms with E-state index in [4.69, 9.17) is 0 Å². The summed E-state index contributed by atoms with van der Waals surface area (Å²) in [7, 11) is 0. The van der Waals surface area contributed by atoms with Crippen LogP contribution in [0.4, 0.5) is 0 Å². The van der Waals surface area contributed by atoms with Gasteiger partial charge in [0.1, 0.15) is 24.5 Å². The normalized spacial score (nSPS) is 13.3. The standard InChI is InChI=1S/C24H37N2O.BrH/c1-7-8-14-25-15-16-26(18-25)17-24(27,22-12-10-9-11-13-22)21(6)23(19(2)3)20(4)5;/h9-13,15-16,18-20,27H,7-8,14,17H2,1-6H3;1H/q+1;/p-1. The highest BCUT2D eigenvalue weighted by Crippen LogP contribution is 2.36. The van der Waals surface area contributed by atoms with Crippen LogP contribution < -0.4 is 21.5 Å². The molecule has 0 saturated heterocycles. The van der Waals surface area contributed by atoms with E-state index in [1.165, 1.54) is 18.4 Å². The van der Waals surface area contributed by atoms with Gasteiger partial charge < -0.3 is 22.1 Å². The second kappa shape index (κ2) is 11.0. The van der Waals surface area contributed by atoms with Crippen LogP contribution >= 0.6 is 0 Å². The van der Waals surface area contributed by atoms with Crippen LogP contribution in [-0.2, 0) is 18.7 Å². The van der Waals surface area contributed by atoms with Crippen molar-refractivity contribution < 1.29 is 26.7 Å². The predicted molar refractivity (Wildman–Crippen MR) is 112 cm³/mol. The minimum absolute atomic E-state index is 0. The number of unbranched alkanes of at least 4 members (excludes halogenated alkanes) is 1. The molecule has 1 aromatic heterocycles. The molecule has 1 unspecified atom stereocenters. The van der Waals surface area contributed by atoms with Crippen LogP contribution in [0.25, 0.3) is 0 Å². The van der Waals surface area contributed by atoms with Gasteiger partial charge in [0.25, 0.3) is 0 Å². The zero-order valence-electron chi connectivity index (χ0n) is 18.3. The Labute approximate surface area is 181 Å². The van der Waals surface area contributed by atoms with Crippen molar-refractivity contribution in [1.29, 1.82) is 0 Å². The van der Waals surface area contributed by atoms with Gasteiger partial charge in [0.2, 0.25) is 6.33 Å². The summed E-state index contributed by atoms with van der Waals surface area (Å²) in [4.78, 5) is 0. The lowest BCUT2D eigenvalue weighted by Gasteiger charge is -2.33. The van der Waals surface area contributed by atoms with Crippen LogP contribution in [-0.4, -0.2) is 9.67 Å². The van der Waals surface area contributed by atoms with E-state index in [2.05, 4.69) is 69.4 Å². The van der Waals surface area contributed by atoms with Crippen LogP contribution in [0.5, 0.6) is 0 Å². The molecule has 28 heavy (non-hydrogen) atoms. The number of hydrogen-bond acceptors (Lipinski definition) is 1. The van der Waals surface area contributed by atoms with Gasteiger partial charge in [-0.15, -0.1) is 0 Å². The highest BCUT2D eigenvalue weighted by molar-refractivity contribution is 5.35. The lowest BCUT2D eigenvalue weighted by atomic mass is 9.78. The SMILES string of the molecule is CCCCn1cc[n+](CC(O)(C(C)=C(C(C)C)C(C)C)c2ccccc2)c1.[Br-]. The van der Waals surface area contributed by atoms with Crippen molar-refractivity contribution in [1.82, 2.24) is 4.57 Å². The van der Waals surface area contributed by atoms with E-state index in [1.807, 2.05) is 30.3 Å². The molecule has 2 rings (SSSR count). The summed E-state index contributed by atoms with van der Waals surface area (Å²) >= 11 is 0. The molecule has 0 amide bonds. The molecule has 3 nitrogen and oxygen atoms in total. The van der Waals surface area contributed by atoms with Gasteiger partial charge in [-0.2, -0.15) is 0 Å². The summed E-state index contributed by atoms with van der Waals surface area (Å²) in [5, 5.41) is 12.0. The monoisotopic (exact) mass is 448 g/mol. The molecule has 2 aromatic rings. The van der Waals surface area contributed by atoms with E-state index in [-0.39, 0.29) is 17.0 Å². The summed E-state index contributed by atoms with van der Waals surface area (Å²) < 4.78 is 4.32. The lowest BCUT2D eigenvalue weighted by molar-refractivity contribution is -0.709. The average molecular weight is 449 g/mol. The Morgan fingerprint density at radius 3 is 2.25 bits per heavy atom. The third kappa shape index (κ3) is 5.81. The highest BCUT2D eigenvalue weighted by Gasteiger charge is 2.37. The van der Waals surface area contributed by atoms with Crippen LogP contribution in [0.2, 0.25) is 0 Å². The van der Waals surface area contributed by atoms with Crippen molar-refractivity contribution in [2.24, 2.45) is 11.8 Å². The van der Waals surface area contributed by atoms with Gasteiger partial charge in [-0.05, 0) is 36.3 Å². The molecule has 0 radical (unpaired) electrons. The summed E-state index contributed by atoms with van der Waals surface area (Å²) in [6.45, 7) is 14.7. The van der Waals surface area contributed by atoms with Gasteiger partial charge in [0.05, 0.1) is 6.54 Å². The number of benzene rings is 1. The number of imidazole rings is 1. The molecule has 0 aliphatic carbocycles. The molecule has 0 aliphatic rings. The van der Waals surface area contributed by atoms with E-state index in [9.17, 15) is 5.11 Å². The largest absolute Gasteiger partial charge is 1.00 e. The van der Waals surface area contributed by atoms with Crippen molar-refractivity contribution >= 4 is 0 Å². The van der Waals surface area contributed by atoms with Gasteiger partial charge in [-0.25, -0.2) is 9.13 Å². The number of allylic oxidation sites excluding steroid dienone is 1. The predicted octanol–water partition coefficient (Wildman–Crippen LogP) is 2.10. The molecule has 4 heteroatoms. The van der Waals surface area contributed by atoms with Crippen LogP contribution in [0.3, 0.4) is 0 Å². The van der Waals surface area contributed by atoms with Crippen LogP contribution in [0.15, 0.2) is 60.2 Å². The quantitative estimate of drug-likeness (QED) is 0.461. The van der Waals surface area contributed by atoms with E-state index in [1.54, 1.807) is 0 Å². The maximum atomic E-state index is 12.0. The number of aryl methyl sites for hydroxylation is 1. The first kappa shape index (κ1) is 24.6. The minimum atomic E-state index is -1.02. The molecule has 1 heterocycles. The number of nitrogens with zero attached hydrogens (tertiary/aromatic N) is 2. The molecule has 0 bridgehead atoms. The summed E-state index contributed by atoms with van der Waals surface area (Å²) in [5.74, 6) is 0.804. The first-order valence-corrected chi connectivity index (χ1v) is 10.3. The molecular weight excluding hydrogens is 412 g/mol. The number of hydrogen-bond donors (Lipinski definition) is 1. The summed E-state index contributed by atoms with van der Waals surface area (Å²) in [5.41, 5.74) is 2.35. The third-order valence-corrected chi connectivity index (χ3v) is 5.48. The van der Waals surface area contributed by atoms with Gasteiger partial charge in [-0.3, -0.25) is 0 Å². The van der Waals surface area contributed by atoms with Crippen molar-refractivity contribution in [3.63, 3.8) is 0 Å². The molecule has 0 aliphatic heterocycles. The van der Waals surface area contributed by atoms with Crippen molar-refractivity contribution in [3.8, 4) is 0 Å². The highest BCUT2D eigenvalue weighted by atomic mass is 79.9. The fourth-order valence-corrected chi connectivity index (χ4v) is 4.18. The van der Waals surface area contributed by atoms with Crippen molar-refractivity contribution in [2.45, 2.75) is 73.1 Å². The Balaban J connectivity index is 0.00000392. The van der Waals surface area contributed by atoms with E-state index < -0.39 is 5.60 Å². The smallest absolute Gasteiger partial charge is 0.243 e. The molecule has 1 N–H and O–H groups in total. The zero-order valence-corrected chi connectivity index (χ0v) is 19.9. The lowest BCUT2D eigenvalue weighted by Crippen LogP contribution is -3.00. The van der Waals surface area contributed by atoms with Gasteiger partial charge in [-0.1, -0.05) is 76.9 Å². The van der Waals surface area contributed by atoms with Gasteiger partial charge >= 0.3 is 0 Å². The summed E-state index contributed by atoms with van der Waals surface area (Å²) in [6.07, 6.45) is 8.63. The zero-order chi connectivity index (χ0) is 20.0. The minimum Gasteiger partial charge on any atom is -1.00 e. The first-order valence-electron chi connectivity index (χ1n) is 10.3. The molecule has 0 saturated carbocycles. The molecule has 0 spiro atoms. The third-order valence-electron chi connectivity index (χ3n) is 5.48. The molecule has 1 aromatic carbocycles. The Hall–Kier alpha value is -1.39. The number of rotatable bonds is 9. The van der Waals surface area contributed by atoms with E-state index in [0.717, 1.165) is 17.7 Å². The first-order chi connectivity index (χ1) is 12.8. The van der Waals surface area contributed by atoms with Crippen molar-refractivity contribution in [2.75, 3.05) is 0 Å². The van der Waals surface area contributed by atoms with E-state index in [0.29, 0.717) is 18.4 Å². The molecule has 156 valence electrons. The van der Waals surface area contributed by atoms with Crippen molar-refractivity contribution in [3.05, 3.63) is 65.8 Å². The van der Waals surface area contributed by atoms with Crippen LogP contribution in [0.1, 0.15) is 59.9 Å². The Morgan fingerprint density at radius 1 is 1.11 bits per heavy atom. The fraction of sp³-hybridized carbons (Fsp3) is 0.542. The molecule has 1 atom stereocenters. The Bertz CT molecular complexity index is 739. The second-order valence-electron chi connectivity index (χ2n) is 8.29. The Kier molecular flexibility index (Phi) is 9.65. The maximum Gasteiger partial charge on any atom is 0.243 e. The number of aromatic nitrogens is 2. The van der Waals surface area contributed by atoms with Gasteiger partial charge in [0, 0.05) is 0 Å². The molecular formula is C24H37BrN2O. The van der Waals surface area contributed by atoms with Crippen LogP contribution in [0, 0.1) is 11.8 Å².